The molecule has 2 aromatic rings. The third kappa shape index (κ3) is 7.73. The standard InChI is InChI=1S/C40H50ClN5O8S/c1-8-22-16-40(22,37(49)50)45-34(47)28-14-24(17-46(28)36(48)33(39(4,5)6)44-38(51)54-23-12-20-11-21(20)13-23)53-30-15-26(35-43-27(18-55-35)19(2)3)42-32-25(30)9-10-29(52-7)31(32)41/h8-10,15,19-24,27-28,33H,1,11-14,16-18H2,2-7H3,(H,44,51)(H,45,47)(H,49,50)/t20-,21+,22-,23+,24-,27?,28+,33-,40-/m1/s1. The minimum Gasteiger partial charge on any atom is -0.495 e. The van der Waals surface area contributed by atoms with Gasteiger partial charge in [-0.1, -0.05) is 52.3 Å². The monoisotopic (exact) mass is 795 g/mol. The number of hydrogen-bond acceptors (Lipinski definition) is 10. The molecule has 3 aliphatic carbocycles. The molecule has 1 aromatic carbocycles. The summed E-state index contributed by atoms with van der Waals surface area (Å²) < 4.78 is 18.0. The molecule has 3 heterocycles. The van der Waals surface area contributed by atoms with E-state index in [1.54, 1.807) is 30.0 Å². The van der Waals surface area contributed by atoms with E-state index in [-0.39, 0.29) is 31.5 Å². The quantitative estimate of drug-likeness (QED) is 0.222. The number of carboxylic acids is 1. The number of aromatic nitrogens is 1. The smallest absolute Gasteiger partial charge is 0.408 e. The zero-order valence-corrected chi connectivity index (χ0v) is 33.7. The summed E-state index contributed by atoms with van der Waals surface area (Å²) in [6, 6.07) is 3.28. The van der Waals surface area contributed by atoms with E-state index in [4.69, 9.17) is 35.8 Å². The highest BCUT2D eigenvalue weighted by molar-refractivity contribution is 8.14. The first kappa shape index (κ1) is 39.2. The van der Waals surface area contributed by atoms with Gasteiger partial charge in [0.05, 0.1) is 30.9 Å². The van der Waals surface area contributed by atoms with E-state index in [2.05, 4.69) is 31.1 Å². The van der Waals surface area contributed by atoms with Crippen molar-refractivity contribution < 1.29 is 38.5 Å². The number of halogens is 1. The van der Waals surface area contributed by atoms with E-state index in [1.165, 1.54) is 24.5 Å². The van der Waals surface area contributed by atoms with Crippen LogP contribution in [0.2, 0.25) is 5.02 Å². The molecule has 13 nitrogen and oxygen atoms in total. The number of thioether (sulfide) groups is 1. The molecule has 1 saturated heterocycles. The summed E-state index contributed by atoms with van der Waals surface area (Å²) in [6.07, 6.45) is 2.99. The lowest BCUT2D eigenvalue weighted by Crippen LogP contribution is -2.59. The van der Waals surface area contributed by atoms with Gasteiger partial charge in [-0.2, -0.15) is 0 Å². The third-order valence-corrected chi connectivity index (χ3v) is 13.2. The second-order valence-electron chi connectivity index (χ2n) is 17.0. The highest BCUT2D eigenvalue weighted by Crippen LogP contribution is 2.52. The predicted molar refractivity (Wildman–Crippen MR) is 210 cm³/mol. The van der Waals surface area contributed by atoms with Gasteiger partial charge in [-0.05, 0) is 61.0 Å². The van der Waals surface area contributed by atoms with Crippen LogP contribution in [-0.2, 0) is 19.1 Å². The first-order chi connectivity index (χ1) is 26.0. The fourth-order valence-corrected chi connectivity index (χ4v) is 9.73. The first-order valence-electron chi connectivity index (χ1n) is 19.0. The van der Waals surface area contributed by atoms with Gasteiger partial charge in [0.25, 0.3) is 0 Å². The number of benzene rings is 1. The van der Waals surface area contributed by atoms with Gasteiger partial charge in [0.1, 0.15) is 51.4 Å². The van der Waals surface area contributed by atoms with Crippen LogP contribution in [0.5, 0.6) is 11.5 Å². The maximum Gasteiger partial charge on any atom is 0.408 e. The van der Waals surface area contributed by atoms with Crippen LogP contribution in [0.4, 0.5) is 4.79 Å². The van der Waals surface area contributed by atoms with Crippen LogP contribution < -0.4 is 20.1 Å². The average molecular weight is 796 g/mol. The number of hydrogen-bond donors (Lipinski definition) is 3. The Bertz CT molecular complexity index is 1940. The van der Waals surface area contributed by atoms with Crippen molar-refractivity contribution in [3.8, 4) is 11.5 Å². The van der Waals surface area contributed by atoms with E-state index in [9.17, 15) is 24.3 Å². The number of carboxylic acid groups (broad SMARTS) is 1. The number of nitrogens with zero attached hydrogens (tertiary/aromatic N) is 3. The number of carbonyl (C=O) groups is 4. The van der Waals surface area contributed by atoms with Crippen molar-refractivity contribution in [1.29, 1.82) is 0 Å². The van der Waals surface area contributed by atoms with Crippen molar-refractivity contribution >= 4 is 63.2 Å². The highest BCUT2D eigenvalue weighted by Gasteiger charge is 2.61. The minimum absolute atomic E-state index is 0.0225. The molecule has 15 heteroatoms. The molecule has 1 aromatic heterocycles. The number of methoxy groups -OCH3 is 1. The Balaban J connectivity index is 1.20. The van der Waals surface area contributed by atoms with Crippen LogP contribution in [0.3, 0.4) is 0 Å². The van der Waals surface area contributed by atoms with Crippen LogP contribution in [0, 0.1) is 29.1 Å². The lowest BCUT2D eigenvalue weighted by atomic mass is 9.85. The van der Waals surface area contributed by atoms with Crippen molar-refractivity contribution in [2.75, 3.05) is 19.4 Å². The van der Waals surface area contributed by atoms with Gasteiger partial charge in [-0.25, -0.2) is 14.6 Å². The topological polar surface area (TPSA) is 169 Å². The van der Waals surface area contributed by atoms with E-state index in [1.807, 2.05) is 20.8 Å². The molecule has 1 unspecified atom stereocenters. The fraction of sp³-hybridized carbons (Fsp3) is 0.600. The van der Waals surface area contributed by atoms with E-state index in [0.717, 1.165) is 23.6 Å². The molecule has 0 radical (unpaired) electrons. The lowest BCUT2D eigenvalue weighted by molar-refractivity contribution is -0.146. The number of pyridine rings is 1. The summed E-state index contributed by atoms with van der Waals surface area (Å²) in [5.74, 6) is 0.470. The molecule has 55 heavy (non-hydrogen) atoms. The Morgan fingerprint density at radius 1 is 1.11 bits per heavy atom. The van der Waals surface area contributed by atoms with Crippen LogP contribution in [0.15, 0.2) is 35.8 Å². The number of nitrogens with one attached hydrogen (secondary N) is 2. The maximum absolute atomic E-state index is 14.6. The number of alkyl carbamates (subject to hydrolysis) is 1. The molecular weight excluding hydrogens is 746 g/mol. The Kier molecular flexibility index (Phi) is 10.5. The van der Waals surface area contributed by atoms with Gasteiger partial charge in [-0.15, -0.1) is 18.3 Å². The van der Waals surface area contributed by atoms with E-state index in [0.29, 0.717) is 50.9 Å². The number of rotatable bonds is 12. The highest BCUT2D eigenvalue weighted by atomic mass is 35.5. The van der Waals surface area contributed by atoms with Crippen LogP contribution >= 0.6 is 23.4 Å². The molecule has 3 N–H and O–H groups in total. The number of aliphatic carboxylic acids is 1. The van der Waals surface area contributed by atoms with Crippen molar-refractivity contribution in [2.45, 2.75) is 103 Å². The minimum atomic E-state index is -1.51. The number of fused-ring (bicyclic) bond motifs is 2. The number of aliphatic imine (C=N–C) groups is 1. The van der Waals surface area contributed by atoms with E-state index >= 15 is 0 Å². The molecular formula is C40H50ClN5O8S. The Labute approximate surface area is 330 Å². The SMILES string of the molecule is C=C[C@@H]1C[C@]1(NC(=O)[C@@H]1C[C@@H](Oc2cc(C3=NC(C(C)C)CS3)nc3c(Cl)c(OC)ccc23)CN1C(=O)[C@@H](NC(=O)O[C@@H]1C[C@@H]2C[C@@H]2C1)C(C)(C)C)C(=O)O. The number of likely N-dealkylation sites (tertiary alicyclic amines) is 1. The second-order valence-corrected chi connectivity index (χ2v) is 18.4. The van der Waals surface area contributed by atoms with Crippen LogP contribution in [-0.4, -0.2) is 99.2 Å². The summed E-state index contributed by atoms with van der Waals surface area (Å²) in [6.45, 7) is 13.4. The van der Waals surface area contributed by atoms with Gasteiger partial charge in [0, 0.05) is 29.5 Å². The van der Waals surface area contributed by atoms with Gasteiger partial charge in [0.15, 0.2) is 0 Å². The molecule has 4 fully saturated rings. The molecule has 9 atom stereocenters. The lowest BCUT2D eigenvalue weighted by Gasteiger charge is -2.35. The molecule has 3 amide bonds. The van der Waals surface area contributed by atoms with Gasteiger partial charge >= 0.3 is 12.1 Å². The van der Waals surface area contributed by atoms with Crippen molar-refractivity contribution in [3.05, 3.63) is 41.6 Å². The van der Waals surface area contributed by atoms with Crippen LogP contribution in [0.25, 0.3) is 10.9 Å². The van der Waals surface area contributed by atoms with Crippen LogP contribution in [0.1, 0.15) is 72.4 Å². The average Bonchev–Trinajstić information content (AvgIpc) is 3.77. The first-order valence-corrected chi connectivity index (χ1v) is 20.4. The van der Waals surface area contributed by atoms with E-state index < -0.39 is 58.9 Å². The largest absolute Gasteiger partial charge is 0.495 e. The van der Waals surface area contributed by atoms with Crippen molar-refractivity contribution in [3.63, 3.8) is 0 Å². The van der Waals surface area contributed by atoms with Gasteiger partial charge < -0.3 is 34.9 Å². The summed E-state index contributed by atoms with van der Waals surface area (Å²) in [4.78, 5) is 65.6. The number of ether oxygens (including phenoxy) is 3. The number of amides is 3. The normalized spacial score (nSPS) is 30.0. The Morgan fingerprint density at radius 3 is 2.44 bits per heavy atom. The maximum atomic E-state index is 14.6. The Hall–Kier alpha value is -4.04. The fourth-order valence-electron chi connectivity index (χ4n) is 8.19. The molecule has 3 saturated carbocycles. The van der Waals surface area contributed by atoms with Gasteiger partial charge in [-0.3, -0.25) is 14.6 Å². The zero-order chi connectivity index (χ0) is 39.6. The van der Waals surface area contributed by atoms with Gasteiger partial charge in [0.2, 0.25) is 11.8 Å². The third-order valence-electron chi connectivity index (χ3n) is 11.7. The second kappa shape index (κ2) is 14.8. The molecule has 0 spiro atoms. The summed E-state index contributed by atoms with van der Waals surface area (Å²) in [5, 5.41) is 17.3. The summed E-state index contributed by atoms with van der Waals surface area (Å²) in [7, 11) is 1.53. The zero-order valence-electron chi connectivity index (χ0n) is 32.1. The molecule has 2 aliphatic heterocycles. The predicted octanol–water partition coefficient (Wildman–Crippen LogP) is 5.85. The summed E-state index contributed by atoms with van der Waals surface area (Å²) in [5.41, 5.74) is -1.26. The molecule has 5 aliphatic rings. The van der Waals surface area contributed by atoms with Crippen molar-refractivity contribution in [2.24, 2.45) is 34.1 Å². The molecule has 7 rings (SSSR count). The molecule has 296 valence electrons. The Morgan fingerprint density at radius 2 is 1.84 bits per heavy atom. The van der Waals surface area contributed by atoms with Crippen molar-refractivity contribution in [1.82, 2.24) is 20.5 Å². The summed E-state index contributed by atoms with van der Waals surface area (Å²) >= 11 is 8.43. The molecule has 0 bridgehead atoms. The number of carbonyl (C=O) groups excluding carboxylic acids is 3.